The van der Waals surface area contributed by atoms with Gasteiger partial charge in [-0.05, 0) is 50.3 Å². The van der Waals surface area contributed by atoms with Crippen molar-refractivity contribution in [3.8, 4) is 0 Å². The summed E-state index contributed by atoms with van der Waals surface area (Å²) in [6.07, 6.45) is 2.47. The molecule has 1 aliphatic heterocycles. The fourth-order valence-electron chi connectivity index (χ4n) is 3.35. The number of thioether (sulfide) groups is 1. The van der Waals surface area contributed by atoms with E-state index in [1.54, 1.807) is 11.8 Å². The second-order valence-electron chi connectivity index (χ2n) is 7.78. The standard InChI is InChI=1S/C22H28N4O2S/c1-15-16(2)24-22(25-20(15)26-8-10-28-11-9-26)29-14-18-4-3-5-19(12-18)21(27)23-13-17-6-7-17/h3-5,12,17H,6-11,13-14H2,1-2H3,(H,23,27). The molecule has 1 amide bonds. The number of benzene rings is 1. The van der Waals surface area contributed by atoms with Gasteiger partial charge in [0.2, 0.25) is 0 Å². The first kappa shape index (κ1) is 20.2. The Bertz CT molecular complexity index is 879. The summed E-state index contributed by atoms with van der Waals surface area (Å²) in [5, 5.41) is 3.81. The molecule has 0 atom stereocenters. The Labute approximate surface area is 176 Å². The molecule has 1 aromatic heterocycles. The van der Waals surface area contributed by atoms with Gasteiger partial charge in [-0.2, -0.15) is 0 Å². The molecule has 2 aromatic rings. The summed E-state index contributed by atoms with van der Waals surface area (Å²) in [5.74, 6) is 2.44. The van der Waals surface area contributed by atoms with Crippen LogP contribution in [0.3, 0.4) is 0 Å². The van der Waals surface area contributed by atoms with Gasteiger partial charge < -0.3 is 15.0 Å². The van der Waals surface area contributed by atoms with E-state index in [0.717, 1.165) is 72.0 Å². The average molecular weight is 413 g/mol. The van der Waals surface area contributed by atoms with E-state index in [1.165, 1.54) is 12.8 Å². The number of carbonyl (C=O) groups excluding carboxylic acids is 1. The van der Waals surface area contributed by atoms with Crippen molar-refractivity contribution in [2.75, 3.05) is 37.7 Å². The number of amides is 1. The highest BCUT2D eigenvalue weighted by atomic mass is 32.2. The van der Waals surface area contributed by atoms with Crippen molar-refractivity contribution in [2.45, 2.75) is 37.6 Å². The smallest absolute Gasteiger partial charge is 0.251 e. The third kappa shape index (κ3) is 5.28. The van der Waals surface area contributed by atoms with Crippen LogP contribution in [0.1, 0.15) is 40.0 Å². The Morgan fingerprint density at radius 2 is 2.03 bits per heavy atom. The van der Waals surface area contributed by atoms with Crippen LogP contribution in [0.2, 0.25) is 0 Å². The van der Waals surface area contributed by atoms with Gasteiger partial charge in [-0.15, -0.1) is 0 Å². The van der Waals surface area contributed by atoms with Crippen molar-refractivity contribution >= 4 is 23.5 Å². The number of ether oxygens (including phenoxy) is 1. The largest absolute Gasteiger partial charge is 0.378 e. The summed E-state index contributed by atoms with van der Waals surface area (Å²) >= 11 is 1.61. The molecule has 2 fully saturated rings. The highest BCUT2D eigenvalue weighted by molar-refractivity contribution is 7.98. The van der Waals surface area contributed by atoms with E-state index >= 15 is 0 Å². The molecule has 7 heteroatoms. The van der Waals surface area contributed by atoms with Crippen LogP contribution in [0.25, 0.3) is 0 Å². The average Bonchev–Trinajstić information content (AvgIpc) is 3.58. The van der Waals surface area contributed by atoms with Crippen LogP contribution in [-0.4, -0.2) is 48.7 Å². The molecule has 2 heterocycles. The molecule has 1 N–H and O–H groups in total. The minimum Gasteiger partial charge on any atom is -0.378 e. The lowest BCUT2D eigenvalue weighted by molar-refractivity contribution is 0.0951. The number of nitrogens with one attached hydrogen (secondary N) is 1. The molecule has 0 spiro atoms. The number of aromatic nitrogens is 2. The number of hydrogen-bond acceptors (Lipinski definition) is 6. The summed E-state index contributed by atoms with van der Waals surface area (Å²) in [5.41, 5.74) is 3.96. The third-order valence-corrected chi connectivity index (χ3v) is 6.38. The van der Waals surface area contributed by atoms with E-state index in [1.807, 2.05) is 25.1 Å². The van der Waals surface area contributed by atoms with Gasteiger partial charge in [-0.3, -0.25) is 4.79 Å². The van der Waals surface area contributed by atoms with Gasteiger partial charge in [-0.1, -0.05) is 23.9 Å². The molecule has 154 valence electrons. The second-order valence-corrected chi connectivity index (χ2v) is 8.72. The Balaban J connectivity index is 1.42. The molecule has 6 nitrogen and oxygen atoms in total. The summed E-state index contributed by atoms with van der Waals surface area (Å²) in [6, 6.07) is 7.84. The third-order valence-electron chi connectivity index (χ3n) is 5.46. The van der Waals surface area contributed by atoms with Gasteiger partial charge in [-0.25, -0.2) is 9.97 Å². The summed E-state index contributed by atoms with van der Waals surface area (Å²) in [6.45, 7) is 8.10. The molecule has 2 aliphatic rings. The first-order chi connectivity index (χ1) is 14.1. The van der Waals surface area contributed by atoms with Gasteiger partial charge in [0.15, 0.2) is 5.16 Å². The van der Waals surface area contributed by atoms with Gasteiger partial charge in [0.25, 0.3) is 5.91 Å². The Kier molecular flexibility index (Phi) is 6.35. The first-order valence-corrected chi connectivity index (χ1v) is 11.3. The maximum Gasteiger partial charge on any atom is 0.251 e. The first-order valence-electron chi connectivity index (χ1n) is 10.3. The molecule has 0 radical (unpaired) electrons. The zero-order valence-electron chi connectivity index (χ0n) is 17.1. The predicted molar refractivity (Wildman–Crippen MR) is 116 cm³/mol. The van der Waals surface area contributed by atoms with Crippen molar-refractivity contribution < 1.29 is 9.53 Å². The van der Waals surface area contributed by atoms with Gasteiger partial charge in [0.1, 0.15) is 5.82 Å². The molecule has 0 bridgehead atoms. The monoisotopic (exact) mass is 412 g/mol. The van der Waals surface area contributed by atoms with Crippen LogP contribution >= 0.6 is 11.8 Å². The van der Waals surface area contributed by atoms with Crippen molar-refractivity contribution in [1.82, 2.24) is 15.3 Å². The van der Waals surface area contributed by atoms with Crippen LogP contribution in [0.4, 0.5) is 5.82 Å². The summed E-state index contributed by atoms with van der Waals surface area (Å²) in [7, 11) is 0. The SMILES string of the molecule is Cc1nc(SCc2cccc(C(=O)NCC3CC3)c2)nc(N2CCOCC2)c1C. The Morgan fingerprint density at radius 1 is 1.24 bits per heavy atom. The van der Waals surface area contributed by atoms with E-state index in [0.29, 0.717) is 5.92 Å². The lowest BCUT2D eigenvalue weighted by Crippen LogP contribution is -2.37. The van der Waals surface area contributed by atoms with E-state index in [-0.39, 0.29) is 5.91 Å². The van der Waals surface area contributed by atoms with E-state index < -0.39 is 0 Å². The van der Waals surface area contributed by atoms with Crippen LogP contribution < -0.4 is 10.2 Å². The molecule has 1 saturated carbocycles. The van der Waals surface area contributed by atoms with Crippen molar-refractivity contribution in [2.24, 2.45) is 5.92 Å². The zero-order valence-corrected chi connectivity index (χ0v) is 17.9. The number of hydrogen-bond donors (Lipinski definition) is 1. The second kappa shape index (κ2) is 9.13. The van der Waals surface area contributed by atoms with E-state index in [2.05, 4.69) is 28.2 Å². The summed E-state index contributed by atoms with van der Waals surface area (Å²) < 4.78 is 5.47. The minimum absolute atomic E-state index is 0.0146. The van der Waals surface area contributed by atoms with Crippen molar-refractivity contribution in [3.63, 3.8) is 0 Å². The Hall–Kier alpha value is -2.12. The van der Waals surface area contributed by atoms with Crippen LogP contribution in [-0.2, 0) is 10.5 Å². The fraction of sp³-hybridized carbons (Fsp3) is 0.500. The Morgan fingerprint density at radius 3 is 2.79 bits per heavy atom. The zero-order chi connectivity index (χ0) is 20.2. The highest BCUT2D eigenvalue weighted by Gasteiger charge is 2.22. The molecule has 29 heavy (non-hydrogen) atoms. The van der Waals surface area contributed by atoms with Gasteiger partial charge in [0, 0.05) is 42.2 Å². The molecular weight excluding hydrogens is 384 g/mol. The molecular formula is C22H28N4O2S. The fourth-order valence-corrected chi connectivity index (χ4v) is 4.18. The quantitative estimate of drug-likeness (QED) is 0.556. The highest BCUT2D eigenvalue weighted by Crippen LogP contribution is 2.28. The minimum atomic E-state index is 0.0146. The van der Waals surface area contributed by atoms with Gasteiger partial charge >= 0.3 is 0 Å². The molecule has 1 aliphatic carbocycles. The van der Waals surface area contributed by atoms with E-state index in [4.69, 9.17) is 9.72 Å². The topological polar surface area (TPSA) is 67.4 Å². The molecule has 1 saturated heterocycles. The lowest BCUT2D eigenvalue weighted by atomic mass is 10.1. The number of nitrogens with zero attached hydrogens (tertiary/aromatic N) is 3. The molecule has 0 unspecified atom stereocenters. The van der Waals surface area contributed by atoms with E-state index in [9.17, 15) is 4.79 Å². The molecule has 4 rings (SSSR count). The number of aryl methyl sites for hydroxylation is 1. The normalized spacial score (nSPS) is 16.7. The van der Waals surface area contributed by atoms with Gasteiger partial charge in [0.05, 0.1) is 13.2 Å². The lowest BCUT2D eigenvalue weighted by Gasteiger charge is -2.29. The number of morpholine rings is 1. The van der Waals surface area contributed by atoms with Crippen LogP contribution in [0, 0.1) is 19.8 Å². The van der Waals surface area contributed by atoms with Crippen molar-refractivity contribution in [3.05, 3.63) is 46.6 Å². The predicted octanol–water partition coefficient (Wildman–Crippen LogP) is 3.36. The maximum absolute atomic E-state index is 12.3. The number of anilines is 1. The molecule has 1 aromatic carbocycles. The van der Waals surface area contributed by atoms with Crippen molar-refractivity contribution in [1.29, 1.82) is 0 Å². The number of carbonyl (C=O) groups is 1. The summed E-state index contributed by atoms with van der Waals surface area (Å²) in [4.78, 5) is 24.1. The maximum atomic E-state index is 12.3. The van der Waals surface area contributed by atoms with Crippen LogP contribution in [0.5, 0.6) is 0 Å². The number of rotatable bonds is 7. The van der Waals surface area contributed by atoms with Crippen LogP contribution in [0.15, 0.2) is 29.4 Å².